The monoisotopic (exact) mass is 297 g/mol. The zero-order valence-electron chi connectivity index (χ0n) is 10.1. The van der Waals surface area contributed by atoms with Crippen LogP contribution in [0.2, 0.25) is 5.02 Å². The minimum absolute atomic E-state index is 0.0331. The average molecular weight is 298 g/mol. The number of thioether (sulfide) groups is 1. The van der Waals surface area contributed by atoms with Gasteiger partial charge < -0.3 is 10.9 Å². The Bertz CT molecular complexity index is 613. The van der Waals surface area contributed by atoms with Crippen molar-refractivity contribution in [2.24, 2.45) is 10.9 Å². The van der Waals surface area contributed by atoms with Crippen LogP contribution in [0.25, 0.3) is 0 Å². The van der Waals surface area contributed by atoms with Crippen molar-refractivity contribution in [1.29, 1.82) is 0 Å². The second kappa shape index (κ2) is 5.94. The second-order valence-corrected chi connectivity index (χ2v) is 5.13. The number of hydrogen-bond donors (Lipinski definition) is 3. The maximum Gasteiger partial charge on any atom is 0.208 e. The van der Waals surface area contributed by atoms with Crippen LogP contribution in [0.15, 0.2) is 28.5 Å². The number of benzene rings is 1. The van der Waals surface area contributed by atoms with Crippen molar-refractivity contribution >= 4 is 29.2 Å². The summed E-state index contributed by atoms with van der Waals surface area (Å²) in [7, 11) is 0. The van der Waals surface area contributed by atoms with Gasteiger partial charge in [0.15, 0.2) is 5.84 Å². The van der Waals surface area contributed by atoms with E-state index in [1.807, 2.05) is 13.0 Å². The van der Waals surface area contributed by atoms with Crippen LogP contribution < -0.4 is 5.73 Å². The molecular weight excluding hydrogens is 286 g/mol. The largest absolute Gasteiger partial charge is 0.409 e. The highest BCUT2D eigenvalue weighted by Gasteiger charge is 2.07. The molecule has 0 aliphatic rings. The fraction of sp³-hybridized carbons (Fsp3) is 0.182. The van der Waals surface area contributed by atoms with Gasteiger partial charge in [0.1, 0.15) is 5.82 Å². The zero-order chi connectivity index (χ0) is 13.8. The molecule has 0 spiro atoms. The van der Waals surface area contributed by atoms with Crippen molar-refractivity contribution in [3.05, 3.63) is 40.2 Å². The number of hydrogen-bond acceptors (Lipinski definition) is 5. The summed E-state index contributed by atoms with van der Waals surface area (Å²) in [5, 5.41) is 19.6. The van der Waals surface area contributed by atoms with E-state index in [1.165, 1.54) is 11.8 Å². The van der Waals surface area contributed by atoms with Gasteiger partial charge >= 0.3 is 0 Å². The minimum atomic E-state index is 0.0331. The number of nitrogens with one attached hydrogen (secondary N) is 1. The molecule has 0 radical (unpaired) electrons. The van der Waals surface area contributed by atoms with Gasteiger partial charge in [-0.2, -0.15) is 0 Å². The van der Waals surface area contributed by atoms with E-state index in [4.69, 9.17) is 22.5 Å². The number of nitrogens with two attached hydrogens (primary N) is 1. The second-order valence-electron chi connectivity index (χ2n) is 3.78. The van der Waals surface area contributed by atoms with E-state index in [-0.39, 0.29) is 5.84 Å². The first-order valence-corrected chi connectivity index (χ1v) is 6.74. The summed E-state index contributed by atoms with van der Waals surface area (Å²) < 4.78 is 0. The lowest BCUT2D eigenvalue weighted by Crippen LogP contribution is -2.12. The SMILES string of the molecule is Cc1nc(SCc2ccc(/C(N)=N/O)cc2Cl)n[nH]1. The van der Waals surface area contributed by atoms with Gasteiger partial charge in [-0.25, -0.2) is 4.98 Å². The normalized spacial score (nSPS) is 11.8. The maximum atomic E-state index is 8.60. The predicted octanol–water partition coefficient (Wildman–Crippen LogP) is 2.15. The van der Waals surface area contributed by atoms with Crippen LogP contribution in [0.1, 0.15) is 17.0 Å². The zero-order valence-corrected chi connectivity index (χ0v) is 11.7. The van der Waals surface area contributed by atoms with Crippen molar-refractivity contribution in [2.75, 3.05) is 0 Å². The topological polar surface area (TPSA) is 100 Å². The third-order valence-corrected chi connectivity index (χ3v) is 3.64. The molecule has 0 atom stereocenters. The van der Waals surface area contributed by atoms with Gasteiger partial charge in [0.25, 0.3) is 0 Å². The summed E-state index contributed by atoms with van der Waals surface area (Å²) in [5.74, 6) is 1.45. The molecule has 8 heteroatoms. The van der Waals surface area contributed by atoms with E-state index >= 15 is 0 Å². The van der Waals surface area contributed by atoms with Crippen LogP contribution in [0.5, 0.6) is 0 Å². The number of aryl methyl sites for hydroxylation is 1. The molecule has 0 amide bonds. The van der Waals surface area contributed by atoms with E-state index < -0.39 is 0 Å². The summed E-state index contributed by atoms with van der Waals surface area (Å²) >= 11 is 7.63. The van der Waals surface area contributed by atoms with Gasteiger partial charge in [0, 0.05) is 16.3 Å². The van der Waals surface area contributed by atoms with Gasteiger partial charge in [0.2, 0.25) is 5.16 Å². The van der Waals surface area contributed by atoms with E-state index in [1.54, 1.807) is 12.1 Å². The Morgan fingerprint density at radius 2 is 2.37 bits per heavy atom. The van der Waals surface area contributed by atoms with Crippen LogP contribution in [0.3, 0.4) is 0 Å². The Balaban J connectivity index is 2.09. The van der Waals surface area contributed by atoms with E-state index in [9.17, 15) is 0 Å². The van der Waals surface area contributed by atoms with Gasteiger partial charge in [-0.15, -0.1) is 5.10 Å². The van der Waals surface area contributed by atoms with E-state index in [2.05, 4.69) is 20.3 Å². The quantitative estimate of drug-likeness (QED) is 0.264. The standard InChI is InChI=1S/C11H12ClN5OS/c1-6-14-11(16-15-6)19-5-8-3-2-7(4-9(8)12)10(13)17-18/h2-4,18H,5H2,1H3,(H2,13,17)(H,14,15,16). The van der Waals surface area contributed by atoms with Crippen LogP contribution in [-0.4, -0.2) is 26.2 Å². The molecule has 0 aliphatic heterocycles. The number of aromatic nitrogens is 3. The Hall–Kier alpha value is -1.73. The molecule has 2 rings (SSSR count). The highest BCUT2D eigenvalue weighted by atomic mass is 35.5. The summed E-state index contributed by atoms with van der Waals surface area (Å²) in [4.78, 5) is 4.20. The summed E-state index contributed by atoms with van der Waals surface area (Å²) in [5.41, 5.74) is 7.01. The van der Waals surface area contributed by atoms with Crippen LogP contribution in [-0.2, 0) is 5.75 Å². The third-order valence-electron chi connectivity index (χ3n) is 2.39. The van der Waals surface area contributed by atoms with Gasteiger partial charge in [0.05, 0.1) is 0 Å². The first kappa shape index (κ1) is 13.7. The number of aromatic amines is 1. The van der Waals surface area contributed by atoms with E-state index in [0.717, 1.165) is 11.4 Å². The van der Waals surface area contributed by atoms with Crippen molar-refractivity contribution in [3.8, 4) is 0 Å². The van der Waals surface area contributed by atoms with Crippen LogP contribution in [0, 0.1) is 6.92 Å². The van der Waals surface area contributed by atoms with E-state index in [0.29, 0.717) is 21.5 Å². The van der Waals surface area contributed by atoms with Gasteiger partial charge in [-0.3, -0.25) is 5.10 Å². The molecule has 0 fully saturated rings. The summed E-state index contributed by atoms with van der Waals surface area (Å²) in [6.45, 7) is 1.84. The lowest BCUT2D eigenvalue weighted by molar-refractivity contribution is 0.318. The molecule has 1 heterocycles. The first-order chi connectivity index (χ1) is 9.10. The number of nitrogens with zero attached hydrogens (tertiary/aromatic N) is 3. The molecule has 4 N–H and O–H groups in total. The Labute approximate surface area is 119 Å². The fourth-order valence-electron chi connectivity index (χ4n) is 1.41. The summed E-state index contributed by atoms with van der Waals surface area (Å²) in [6.07, 6.45) is 0. The molecule has 100 valence electrons. The first-order valence-electron chi connectivity index (χ1n) is 5.38. The Morgan fingerprint density at radius 1 is 1.58 bits per heavy atom. The Morgan fingerprint density at radius 3 is 2.95 bits per heavy atom. The lowest BCUT2D eigenvalue weighted by Gasteiger charge is -2.05. The van der Waals surface area contributed by atoms with Gasteiger partial charge in [-0.1, -0.05) is 40.7 Å². The highest BCUT2D eigenvalue weighted by molar-refractivity contribution is 7.98. The number of H-pyrrole nitrogens is 1. The number of amidine groups is 1. The Kier molecular flexibility index (Phi) is 4.28. The van der Waals surface area contributed by atoms with Crippen molar-refractivity contribution < 1.29 is 5.21 Å². The molecule has 2 aromatic rings. The van der Waals surface area contributed by atoms with Crippen molar-refractivity contribution in [2.45, 2.75) is 17.8 Å². The molecule has 0 saturated heterocycles. The molecular formula is C11H12ClN5OS. The molecule has 0 unspecified atom stereocenters. The molecule has 1 aromatic heterocycles. The fourth-order valence-corrected chi connectivity index (χ4v) is 2.59. The third kappa shape index (κ3) is 3.39. The molecule has 19 heavy (non-hydrogen) atoms. The number of oxime groups is 1. The smallest absolute Gasteiger partial charge is 0.208 e. The van der Waals surface area contributed by atoms with Crippen LogP contribution in [0.4, 0.5) is 0 Å². The van der Waals surface area contributed by atoms with Crippen molar-refractivity contribution in [1.82, 2.24) is 15.2 Å². The molecule has 6 nitrogen and oxygen atoms in total. The number of halogens is 1. The number of rotatable bonds is 4. The van der Waals surface area contributed by atoms with Gasteiger partial charge in [-0.05, 0) is 18.6 Å². The van der Waals surface area contributed by atoms with Crippen LogP contribution >= 0.6 is 23.4 Å². The predicted molar refractivity (Wildman–Crippen MR) is 74.6 cm³/mol. The molecule has 0 bridgehead atoms. The maximum absolute atomic E-state index is 8.60. The van der Waals surface area contributed by atoms with Crippen molar-refractivity contribution in [3.63, 3.8) is 0 Å². The molecule has 0 aliphatic carbocycles. The summed E-state index contributed by atoms with van der Waals surface area (Å²) in [6, 6.07) is 5.25. The lowest BCUT2D eigenvalue weighted by atomic mass is 10.1. The minimum Gasteiger partial charge on any atom is -0.409 e. The highest BCUT2D eigenvalue weighted by Crippen LogP contribution is 2.25. The molecule has 0 saturated carbocycles. The average Bonchev–Trinajstić information content (AvgIpc) is 2.82. The molecule has 1 aromatic carbocycles.